The molecule has 1 heterocycles. The summed E-state index contributed by atoms with van der Waals surface area (Å²) in [6.07, 6.45) is 0. The molecule has 0 aliphatic carbocycles. The maximum absolute atomic E-state index is 10.5. The molecular formula is C5H5N3O3. The summed E-state index contributed by atoms with van der Waals surface area (Å²) in [4.78, 5) is 22.1. The quantitative estimate of drug-likeness (QED) is 0.435. The Bertz CT molecular complexity index is 343. The number of nitrogens with two attached hydrogens (primary N) is 1. The monoisotopic (exact) mass is 155 g/mol. The Labute approximate surface area is 60.8 Å². The van der Waals surface area contributed by atoms with E-state index in [9.17, 15) is 14.9 Å². The molecule has 0 spiro atoms. The molecule has 0 aliphatic heterocycles. The minimum atomic E-state index is -0.661. The summed E-state index contributed by atoms with van der Waals surface area (Å²) in [6, 6.07) is 2.11. The number of aromatic amines is 1. The summed E-state index contributed by atoms with van der Waals surface area (Å²) in [5, 5.41) is 10.1. The molecule has 0 saturated heterocycles. The number of H-pyrrole nitrogens is 1. The fraction of sp³-hybridized carbons (Fsp3) is 0. The summed E-state index contributed by atoms with van der Waals surface area (Å²) >= 11 is 0. The van der Waals surface area contributed by atoms with E-state index >= 15 is 0 Å². The Morgan fingerprint density at radius 3 is 2.64 bits per heavy atom. The van der Waals surface area contributed by atoms with Crippen LogP contribution in [0.15, 0.2) is 16.9 Å². The molecule has 0 amide bonds. The van der Waals surface area contributed by atoms with Crippen LogP contribution in [-0.2, 0) is 0 Å². The number of pyridine rings is 1. The Balaban J connectivity index is 3.31. The van der Waals surface area contributed by atoms with Crippen LogP contribution in [0.25, 0.3) is 0 Å². The maximum Gasteiger partial charge on any atom is 0.309 e. The van der Waals surface area contributed by atoms with E-state index in [1.807, 2.05) is 0 Å². The lowest BCUT2D eigenvalue weighted by Crippen LogP contribution is -2.08. The van der Waals surface area contributed by atoms with Gasteiger partial charge in [0.15, 0.2) is 5.82 Å². The van der Waals surface area contributed by atoms with Gasteiger partial charge in [0.25, 0.3) is 0 Å². The number of hydrogen-bond donors (Lipinski definition) is 2. The fourth-order valence-corrected chi connectivity index (χ4v) is 0.642. The highest BCUT2D eigenvalue weighted by atomic mass is 16.6. The highest BCUT2D eigenvalue weighted by Gasteiger charge is 2.09. The summed E-state index contributed by atoms with van der Waals surface area (Å²) in [7, 11) is 0. The van der Waals surface area contributed by atoms with E-state index in [0.717, 1.165) is 12.1 Å². The van der Waals surface area contributed by atoms with E-state index in [1.165, 1.54) is 0 Å². The van der Waals surface area contributed by atoms with Crippen LogP contribution in [0.1, 0.15) is 0 Å². The molecule has 0 bridgehead atoms. The van der Waals surface area contributed by atoms with Crippen LogP contribution in [0.5, 0.6) is 0 Å². The zero-order chi connectivity index (χ0) is 8.43. The molecule has 58 valence electrons. The van der Waals surface area contributed by atoms with Gasteiger partial charge in [-0.2, -0.15) is 0 Å². The van der Waals surface area contributed by atoms with Gasteiger partial charge in [0, 0.05) is 12.1 Å². The molecule has 6 nitrogen and oxygen atoms in total. The molecule has 1 rings (SSSR count). The van der Waals surface area contributed by atoms with Crippen molar-refractivity contribution in [2.45, 2.75) is 0 Å². The highest BCUT2D eigenvalue weighted by molar-refractivity contribution is 5.50. The molecule has 0 fully saturated rings. The second-order valence-electron chi connectivity index (χ2n) is 1.88. The SMILES string of the molecule is Nc1[nH]c(=O)ccc1[N+](=O)[O-]. The number of rotatable bonds is 1. The molecule has 1 aromatic rings. The van der Waals surface area contributed by atoms with Crippen LogP contribution in [0.4, 0.5) is 11.5 Å². The average molecular weight is 155 g/mol. The zero-order valence-electron chi connectivity index (χ0n) is 5.40. The van der Waals surface area contributed by atoms with Crippen molar-refractivity contribution in [3.05, 3.63) is 32.6 Å². The molecular weight excluding hydrogens is 150 g/mol. The summed E-state index contributed by atoms with van der Waals surface area (Å²) in [5.41, 5.74) is 4.39. The molecule has 0 radical (unpaired) electrons. The maximum atomic E-state index is 10.5. The van der Waals surface area contributed by atoms with E-state index < -0.39 is 10.5 Å². The van der Waals surface area contributed by atoms with E-state index in [4.69, 9.17) is 5.73 Å². The first-order valence-corrected chi connectivity index (χ1v) is 2.74. The predicted molar refractivity (Wildman–Crippen MR) is 38.1 cm³/mol. The number of nitrogen functional groups attached to an aromatic ring is 1. The summed E-state index contributed by atoms with van der Waals surface area (Å²) < 4.78 is 0. The predicted octanol–water partition coefficient (Wildman–Crippen LogP) is -0.135. The van der Waals surface area contributed by atoms with E-state index in [1.54, 1.807) is 0 Å². The third-order valence-electron chi connectivity index (χ3n) is 1.12. The number of nitrogens with zero attached hydrogens (tertiary/aromatic N) is 1. The number of anilines is 1. The van der Waals surface area contributed by atoms with Gasteiger partial charge in [-0.05, 0) is 0 Å². The van der Waals surface area contributed by atoms with Crippen molar-refractivity contribution in [3.8, 4) is 0 Å². The second-order valence-corrected chi connectivity index (χ2v) is 1.88. The molecule has 6 heteroatoms. The smallest absolute Gasteiger partial charge is 0.309 e. The van der Waals surface area contributed by atoms with Crippen LogP contribution >= 0.6 is 0 Å². The first-order valence-electron chi connectivity index (χ1n) is 2.74. The van der Waals surface area contributed by atoms with Gasteiger partial charge in [0.2, 0.25) is 5.56 Å². The van der Waals surface area contributed by atoms with E-state index in [0.29, 0.717) is 0 Å². The average Bonchev–Trinajstić information content (AvgIpc) is 1.85. The Morgan fingerprint density at radius 1 is 1.55 bits per heavy atom. The van der Waals surface area contributed by atoms with E-state index in [2.05, 4.69) is 4.98 Å². The lowest BCUT2D eigenvalue weighted by molar-refractivity contribution is -0.384. The lowest BCUT2D eigenvalue weighted by atomic mass is 10.4. The first-order chi connectivity index (χ1) is 5.11. The standard InChI is InChI=1S/C5H5N3O3/c6-5-3(8(10)11)1-2-4(9)7-5/h1-2H,(H3,6,7,9). The van der Waals surface area contributed by atoms with Crippen molar-refractivity contribution >= 4 is 11.5 Å². The van der Waals surface area contributed by atoms with Gasteiger partial charge in [-0.15, -0.1) is 0 Å². The molecule has 0 saturated carbocycles. The number of hydrogen-bond acceptors (Lipinski definition) is 4. The molecule has 0 aliphatic rings. The van der Waals surface area contributed by atoms with Gasteiger partial charge in [-0.1, -0.05) is 0 Å². The van der Waals surface area contributed by atoms with Crippen LogP contribution < -0.4 is 11.3 Å². The molecule has 0 aromatic carbocycles. The van der Waals surface area contributed by atoms with Crippen molar-refractivity contribution in [3.63, 3.8) is 0 Å². The van der Waals surface area contributed by atoms with Gasteiger partial charge in [-0.3, -0.25) is 14.9 Å². The van der Waals surface area contributed by atoms with Crippen molar-refractivity contribution < 1.29 is 4.92 Å². The lowest BCUT2D eigenvalue weighted by Gasteiger charge is -1.93. The van der Waals surface area contributed by atoms with Gasteiger partial charge >= 0.3 is 5.69 Å². The second kappa shape index (κ2) is 2.41. The number of nitrogens with one attached hydrogen (secondary N) is 1. The van der Waals surface area contributed by atoms with Crippen molar-refractivity contribution in [1.82, 2.24) is 4.98 Å². The fourth-order valence-electron chi connectivity index (χ4n) is 0.642. The number of aromatic nitrogens is 1. The largest absolute Gasteiger partial charge is 0.379 e. The van der Waals surface area contributed by atoms with Gasteiger partial charge < -0.3 is 10.7 Å². The molecule has 11 heavy (non-hydrogen) atoms. The van der Waals surface area contributed by atoms with Crippen LogP contribution in [0, 0.1) is 10.1 Å². The highest BCUT2D eigenvalue weighted by Crippen LogP contribution is 2.13. The van der Waals surface area contributed by atoms with Crippen molar-refractivity contribution in [2.75, 3.05) is 5.73 Å². The van der Waals surface area contributed by atoms with Gasteiger partial charge in [0.1, 0.15) is 0 Å². The molecule has 1 aromatic heterocycles. The van der Waals surface area contributed by atoms with Crippen LogP contribution in [0.2, 0.25) is 0 Å². The third kappa shape index (κ3) is 1.34. The first kappa shape index (κ1) is 7.26. The molecule has 3 N–H and O–H groups in total. The normalized spacial score (nSPS) is 9.45. The third-order valence-corrected chi connectivity index (χ3v) is 1.12. The summed E-state index contributed by atoms with van der Waals surface area (Å²) in [6.45, 7) is 0. The topological polar surface area (TPSA) is 102 Å². The van der Waals surface area contributed by atoms with Crippen LogP contribution in [-0.4, -0.2) is 9.91 Å². The Morgan fingerprint density at radius 2 is 2.18 bits per heavy atom. The van der Waals surface area contributed by atoms with Crippen LogP contribution in [0.3, 0.4) is 0 Å². The molecule has 0 unspecified atom stereocenters. The minimum Gasteiger partial charge on any atom is -0.379 e. The van der Waals surface area contributed by atoms with Gasteiger partial charge in [-0.25, -0.2) is 0 Å². The van der Waals surface area contributed by atoms with E-state index in [-0.39, 0.29) is 11.5 Å². The summed E-state index contributed by atoms with van der Waals surface area (Å²) in [5.74, 6) is -0.220. The van der Waals surface area contributed by atoms with Crippen molar-refractivity contribution in [2.24, 2.45) is 0 Å². The molecule has 0 atom stereocenters. The van der Waals surface area contributed by atoms with Crippen molar-refractivity contribution in [1.29, 1.82) is 0 Å². The zero-order valence-corrected chi connectivity index (χ0v) is 5.40. The Kier molecular flexibility index (Phi) is 1.59. The number of nitro groups is 1. The Hall–Kier alpha value is -1.85. The van der Waals surface area contributed by atoms with Gasteiger partial charge in [0.05, 0.1) is 4.92 Å². The minimum absolute atomic E-state index is 0.220.